The van der Waals surface area contributed by atoms with Crippen LogP contribution in [0.25, 0.3) is 0 Å². The molecule has 4 rings (SSSR count). The van der Waals surface area contributed by atoms with Gasteiger partial charge in [-0.3, -0.25) is 14.4 Å². The van der Waals surface area contributed by atoms with Gasteiger partial charge in [0, 0.05) is 17.8 Å². The van der Waals surface area contributed by atoms with Gasteiger partial charge in [-0.15, -0.1) is 11.8 Å². The molecule has 2 amide bonds. The summed E-state index contributed by atoms with van der Waals surface area (Å²) in [6.45, 7) is 2.35. The van der Waals surface area contributed by atoms with Crippen LogP contribution in [0.15, 0.2) is 84.3 Å². The molecule has 3 aromatic rings. The number of esters is 1. The lowest BCUT2D eigenvalue weighted by Crippen LogP contribution is -2.35. The van der Waals surface area contributed by atoms with Crippen molar-refractivity contribution in [1.82, 2.24) is 4.90 Å². The van der Waals surface area contributed by atoms with Crippen molar-refractivity contribution < 1.29 is 33.8 Å². The van der Waals surface area contributed by atoms with Gasteiger partial charge in [0.05, 0.1) is 17.4 Å². The predicted molar refractivity (Wildman–Crippen MR) is 175 cm³/mol. The van der Waals surface area contributed by atoms with Gasteiger partial charge in [0.15, 0.2) is 0 Å². The van der Waals surface area contributed by atoms with Crippen LogP contribution in [0.4, 0.5) is 5.69 Å². The Bertz CT molecular complexity index is 1460. The van der Waals surface area contributed by atoms with E-state index in [1.165, 1.54) is 35.9 Å². The molecule has 0 bridgehead atoms. The SMILES string of the molecule is CCCCCCCOc1ccc(C(=O)Oc2ccc(CN(CC(=O)O)C(=O)c3ccc(NC(=O)C4CC=CS4)cc3)cc2)cc1. The Hall–Kier alpha value is -4.57. The van der Waals surface area contributed by atoms with Gasteiger partial charge in [-0.25, -0.2) is 4.79 Å². The van der Waals surface area contributed by atoms with Crippen LogP contribution in [-0.2, 0) is 16.1 Å². The van der Waals surface area contributed by atoms with Crippen LogP contribution in [0.2, 0.25) is 0 Å². The number of benzene rings is 3. The fourth-order valence-electron chi connectivity index (χ4n) is 4.65. The summed E-state index contributed by atoms with van der Waals surface area (Å²) in [6, 6.07) is 19.7. The molecule has 0 spiro atoms. The van der Waals surface area contributed by atoms with Gasteiger partial charge in [0.2, 0.25) is 5.91 Å². The first-order valence-electron chi connectivity index (χ1n) is 15.1. The molecule has 10 heteroatoms. The molecule has 3 aromatic carbocycles. The number of nitrogens with zero attached hydrogens (tertiary/aromatic N) is 1. The van der Waals surface area contributed by atoms with Crippen LogP contribution in [-0.4, -0.2) is 52.2 Å². The molecule has 0 aliphatic carbocycles. The summed E-state index contributed by atoms with van der Waals surface area (Å²) < 4.78 is 11.3. The van der Waals surface area contributed by atoms with Crippen LogP contribution in [0.3, 0.4) is 0 Å². The highest BCUT2D eigenvalue weighted by Gasteiger charge is 2.22. The number of nitrogens with one attached hydrogen (secondary N) is 1. The molecule has 0 saturated heterocycles. The molecule has 45 heavy (non-hydrogen) atoms. The smallest absolute Gasteiger partial charge is 0.343 e. The maximum Gasteiger partial charge on any atom is 0.343 e. The number of unbranched alkanes of at least 4 members (excludes halogenated alkanes) is 4. The minimum atomic E-state index is -1.15. The zero-order valence-electron chi connectivity index (χ0n) is 25.3. The number of ether oxygens (including phenoxy) is 2. The highest BCUT2D eigenvalue weighted by atomic mass is 32.2. The van der Waals surface area contributed by atoms with Crippen LogP contribution in [0.1, 0.15) is 71.7 Å². The molecule has 1 aliphatic rings. The number of allylic oxidation sites excluding steroid dienone is 1. The highest BCUT2D eigenvalue weighted by molar-refractivity contribution is 8.03. The molecule has 1 aliphatic heterocycles. The average molecular weight is 631 g/mol. The minimum Gasteiger partial charge on any atom is -0.494 e. The fraction of sp³-hybridized carbons (Fsp3) is 0.314. The molecule has 0 saturated carbocycles. The third-order valence-corrected chi connectivity index (χ3v) is 8.19. The van der Waals surface area contributed by atoms with E-state index in [0.29, 0.717) is 46.9 Å². The predicted octanol–water partition coefficient (Wildman–Crippen LogP) is 6.94. The Kier molecular flexibility index (Phi) is 12.6. The van der Waals surface area contributed by atoms with Gasteiger partial charge >= 0.3 is 11.9 Å². The van der Waals surface area contributed by atoms with Crippen LogP contribution < -0.4 is 14.8 Å². The van der Waals surface area contributed by atoms with Crippen molar-refractivity contribution in [3.8, 4) is 11.5 Å². The third-order valence-electron chi connectivity index (χ3n) is 7.11. The molecule has 1 heterocycles. The molecule has 1 unspecified atom stereocenters. The van der Waals surface area contributed by atoms with Crippen molar-refractivity contribution in [3.05, 3.63) is 101 Å². The summed E-state index contributed by atoms with van der Waals surface area (Å²) in [4.78, 5) is 51.0. The van der Waals surface area contributed by atoms with Gasteiger partial charge in [-0.05, 0) is 84.5 Å². The lowest BCUT2D eigenvalue weighted by molar-refractivity contribution is -0.137. The Balaban J connectivity index is 1.29. The van der Waals surface area contributed by atoms with E-state index in [2.05, 4.69) is 12.2 Å². The second kappa shape index (κ2) is 17.1. The second-order valence-electron chi connectivity index (χ2n) is 10.7. The highest BCUT2D eigenvalue weighted by Crippen LogP contribution is 2.25. The normalized spacial score (nSPS) is 13.7. The quantitative estimate of drug-likeness (QED) is 0.0992. The summed E-state index contributed by atoms with van der Waals surface area (Å²) in [5, 5.41) is 14.0. The fourth-order valence-corrected chi connectivity index (χ4v) is 5.47. The van der Waals surface area contributed by atoms with Gasteiger partial charge in [-0.2, -0.15) is 0 Å². The van der Waals surface area contributed by atoms with Crippen LogP contribution >= 0.6 is 11.8 Å². The zero-order valence-corrected chi connectivity index (χ0v) is 26.1. The standard InChI is InChI=1S/C35H38N2O7S/c1-2-3-4-5-6-21-43-29-19-13-27(14-20-29)35(42)44-30-17-9-25(10-18-30)23-37(24-32(38)39)34(41)26-11-15-28(16-12-26)36-33(40)31-8-7-22-45-31/h7,9-20,22,31H,2-6,8,21,23-24H2,1H3,(H,36,40)(H,38,39). The number of aliphatic carboxylic acids is 1. The Morgan fingerprint density at radius 2 is 1.53 bits per heavy atom. The van der Waals surface area contributed by atoms with Gasteiger partial charge < -0.3 is 24.8 Å². The number of carboxylic acids is 1. The molecular weight excluding hydrogens is 592 g/mol. The van der Waals surface area contributed by atoms with Crippen molar-refractivity contribution in [2.24, 2.45) is 0 Å². The van der Waals surface area contributed by atoms with E-state index in [0.717, 1.165) is 12.8 Å². The molecule has 9 nitrogen and oxygen atoms in total. The van der Waals surface area contributed by atoms with E-state index < -0.39 is 24.4 Å². The van der Waals surface area contributed by atoms with Crippen molar-refractivity contribution in [3.63, 3.8) is 0 Å². The Morgan fingerprint density at radius 1 is 0.867 bits per heavy atom. The van der Waals surface area contributed by atoms with Gasteiger partial charge in [-0.1, -0.05) is 50.8 Å². The summed E-state index contributed by atoms with van der Waals surface area (Å²) in [5.41, 5.74) is 1.89. The molecule has 1 atom stereocenters. The van der Waals surface area contributed by atoms with Gasteiger partial charge in [0.1, 0.15) is 18.0 Å². The molecule has 2 N–H and O–H groups in total. The van der Waals surface area contributed by atoms with E-state index in [1.54, 1.807) is 72.8 Å². The summed E-state index contributed by atoms with van der Waals surface area (Å²) in [7, 11) is 0. The average Bonchev–Trinajstić information content (AvgIpc) is 3.59. The number of carbonyl (C=O) groups excluding carboxylic acids is 3. The number of rotatable bonds is 16. The number of hydrogen-bond acceptors (Lipinski definition) is 7. The maximum atomic E-state index is 13.2. The van der Waals surface area contributed by atoms with Crippen LogP contribution in [0, 0.1) is 0 Å². The molecule has 0 fully saturated rings. The first-order valence-corrected chi connectivity index (χ1v) is 16.0. The number of amides is 2. The molecule has 236 valence electrons. The molecular formula is C35H38N2O7S. The van der Waals surface area contributed by atoms with E-state index in [9.17, 15) is 24.3 Å². The van der Waals surface area contributed by atoms with Crippen molar-refractivity contribution >= 4 is 41.2 Å². The number of carboxylic acid groups (broad SMARTS) is 1. The van der Waals surface area contributed by atoms with Crippen molar-refractivity contribution in [2.75, 3.05) is 18.5 Å². The topological polar surface area (TPSA) is 122 Å². The summed E-state index contributed by atoms with van der Waals surface area (Å²) >= 11 is 1.46. The number of carbonyl (C=O) groups is 4. The summed E-state index contributed by atoms with van der Waals surface area (Å²) in [5.74, 6) is -1.23. The monoisotopic (exact) mass is 630 g/mol. The van der Waals surface area contributed by atoms with E-state index in [1.807, 2.05) is 11.5 Å². The zero-order chi connectivity index (χ0) is 32.0. The van der Waals surface area contributed by atoms with Crippen molar-refractivity contribution in [1.29, 1.82) is 0 Å². The van der Waals surface area contributed by atoms with E-state index in [-0.39, 0.29) is 17.7 Å². The third kappa shape index (κ3) is 10.5. The Labute approximate surface area is 267 Å². The number of anilines is 1. The lowest BCUT2D eigenvalue weighted by atomic mass is 10.1. The first-order chi connectivity index (χ1) is 21.8. The first kappa shape index (κ1) is 33.3. The molecule has 0 aromatic heterocycles. The number of hydrogen-bond donors (Lipinski definition) is 2. The van der Waals surface area contributed by atoms with Crippen molar-refractivity contribution in [2.45, 2.75) is 57.2 Å². The second-order valence-corrected chi connectivity index (χ2v) is 11.8. The van der Waals surface area contributed by atoms with Gasteiger partial charge in [0.25, 0.3) is 5.91 Å². The van der Waals surface area contributed by atoms with E-state index >= 15 is 0 Å². The largest absolute Gasteiger partial charge is 0.494 e. The number of thioether (sulfide) groups is 1. The van der Waals surface area contributed by atoms with Crippen LogP contribution in [0.5, 0.6) is 11.5 Å². The summed E-state index contributed by atoms with van der Waals surface area (Å²) in [6.07, 6.45) is 8.39. The lowest BCUT2D eigenvalue weighted by Gasteiger charge is -2.21. The minimum absolute atomic E-state index is 0.0316. The molecule has 0 radical (unpaired) electrons. The Morgan fingerprint density at radius 3 is 2.18 bits per heavy atom. The van der Waals surface area contributed by atoms with E-state index in [4.69, 9.17) is 9.47 Å². The maximum absolute atomic E-state index is 13.2.